The molecule has 0 spiro atoms. The number of hydrogen-bond acceptors (Lipinski definition) is 6. The van der Waals surface area contributed by atoms with E-state index in [2.05, 4.69) is 20.2 Å². The number of rotatable bonds is 3. The van der Waals surface area contributed by atoms with E-state index in [0.717, 1.165) is 18.7 Å². The lowest BCUT2D eigenvalue weighted by atomic mass is 9.89. The normalized spacial score (nSPS) is 21.4. The molecule has 1 N–H and O–H groups in total. The van der Waals surface area contributed by atoms with E-state index < -0.39 is 5.60 Å². The van der Waals surface area contributed by atoms with E-state index in [1.54, 1.807) is 16.9 Å². The maximum atomic E-state index is 11.1. The predicted molar refractivity (Wildman–Crippen MR) is 84.7 cm³/mol. The molecular weight excluding hydrogens is 292 g/mol. The van der Waals surface area contributed by atoms with E-state index in [-0.39, 0.29) is 6.04 Å². The third kappa shape index (κ3) is 3.03. The lowest BCUT2D eigenvalue weighted by Gasteiger charge is -2.39. The van der Waals surface area contributed by atoms with Crippen LogP contribution in [0.3, 0.4) is 0 Å². The summed E-state index contributed by atoms with van der Waals surface area (Å²) in [6.07, 6.45) is 4.93. The largest absolute Gasteiger partial charge is 0.382 e. The summed E-state index contributed by atoms with van der Waals surface area (Å²) in [7, 11) is 0. The molecule has 1 saturated heterocycles. The molecule has 1 fully saturated rings. The summed E-state index contributed by atoms with van der Waals surface area (Å²) < 4.78 is 1.76. The van der Waals surface area contributed by atoms with Crippen LogP contribution in [0.15, 0.2) is 24.5 Å². The van der Waals surface area contributed by atoms with Crippen molar-refractivity contribution in [1.29, 1.82) is 5.26 Å². The Morgan fingerprint density at radius 1 is 1.43 bits per heavy atom. The number of piperidine rings is 1. The number of β-amino-alcohol motifs (C(OH)–C–C–N with tert-alkyl or cyclic N) is 1. The first-order valence-corrected chi connectivity index (χ1v) is 7.77. The molecule has 23 heavy (non-hydrogen) atoms. The molecule has 3 heterocycles. The Hall–Kier alpha value is -2.46. The number of aromatic nitrogens is 4. The fourth-order valence-electron chi connectivity index (χ4n) is 2.89. The summed E-state index contributed by atoms with van der Waals surface area (Å²) in [5.74, 6) is 0. The summed E-state index contributed by atoms with van der Waals surface area (Å²) in [6, 6.07) is 5.86. The van der Waals surface area contributed by atoms with Crippen molar-refractivity contribution in [3.8, 4) is 6.07 Å². The molecular formula is C16H20N6O. The number of pyridine rings is 1. The number of nitriles is 1. The van der Waals surface area contributed by atoms with Gasteiger partial charge in [-0.15, -0.1) is 5.10 Å². The molecule has 3 rings (SSSR count). The van der Waals surface area contributed by atoms with Gasteiger partial charge in [0.15, 0.2) is 0 Å². The first-order valence-electron chi connectivity index (χ1n) is 7.77. The van der Waals surface area contributed by atoms with Gasteiger partial charge in [-0.1, -0.05) is 5.21 Å². The molecule has 0 radical (unpaired) electrons. The molecule has 2 aromatic rings. The van der Waals surface area contributed by atoms with Crippen molar-refractivity contribution >= 4 is 5.69 Å². The lowest BCUT2D eigenvalue weighted by molar-refractivity contribution is 0.0176. The SMILES string of the molecule is CC(C)n1cc([C@]2(O)CCCN(c3ccnc(C#N)c3)C2)nn1. The molecule has 0 saturated carbocycles. The van der Waals surface area contributed by atoms with Crippen LogP contribution in [-0.4, -0.2) is 38.2 Å². The highest BCUT2D eigenvalue weighted by Gasteiger charge is 2.37. The van der Waals surface area contributed by atoms with Gasteiger partial charge in [-0.2, -0.15) is 5.26 Å². The van der Waals surface area contributed by atoms with Gasteiger partial charge in [0, 0.05) is 24.5 Å². The first kappa shape index (κ1) is 15.4. The van der Waals surface area contributed by atoms with Gasteiger partial charge in [0.2, 0.25) is 0 Å². The summed E-state index contributed by atoms with van der Waals surface area (Å²) in [5, 5.41) is 28.3. The molecule has 1 atom stereocenters. The van der Waals surface area contributed by atoms with Gasteiger partial charge in [0.05, 0.1) is 12.7 Å². The maximum absolute atomic E-state index is 11.1. The molecule has 0 amide bonds. The van der Waals surface area contributed by atoms with Crippen LogP contribution in [0.2, 0.25) is 0 Å². The average Bonchev–Trinajstić information content (AvgIpc) is 3.06. The molecule has 1 aliphatic rings. The quantitative estimate of drug-likeness (QED) is 0.926. The third-order valence-corrected chi connectivity index (χ3v) is 4.21. The lowest BCUT2D eigenvalue weighted by Crippen LogP contribution is -2.46. The zero-order valence-corrected chi connectivity index (χ0v) is 13.3. The molecule has 120 valence electrons. The first-order chi connectivity index (χ1) is 11.0. The second kappa shape index (κ2) is 5.97. The minimum Gasteiger partial charge on any atom is -0.382 e. The van der Waals surface area contributed by atoms with E-state index in [1.807, 2.05) is 32.2 Å². The maximum Gasteiger partial charge on any atom is 0.142 e. The van der Waals surface area contributed by atoms with Crippen LogP contribution in [0.25, 0.3) is 0 Å². The number of anilines is 1. The number of nitrogens with zero attached hydrogens (tertiary/aromatic N) is 6. The molecule has 2 aromatic heterocycles. The Balaban J connectivity index is 1.85. The zero-order chi connectivity index (χ0) is 16.4. The Bertz CT molecular complexity index is 734. The van der Waals surface area contributed by atoms with Gasteiger partial charge in [0.25, 0.3) is 0 Å². The minimum absolute atomic E-state index is 0.206. The second-order valence-corrected chi connectivity index (χ2v) is 6.25. The van der Waals surface area contributed by atoms with Crippen molar-refractivity contribution < 1.29 is 5.11 Å². The predicted octanol–water partition coefficient (Wildman–Crippen LogP) is 1.61. The summed E-state index contributed by atoms with van der Waals surface area (Å²) in [6.45, 7) is 5.31. The Morgan fingerprint density at radius 3 is 2.96 bits per heavy atom. The van der Waals surface area contributed by atoms with E-state index in [4.69, 9.17) is 5.26 Å². The van der Waals surface area contributed by atoms with Crippen molar-refractivity contribution in [2.24, 2.45) is 0 Å². The Morgan fingerprint density at radius 2 is 2.26 bits per heavy atom. The highest BCUT2D eigenvalue weighted by atomic mass is 16.3. The number of hydrogen-bond donors (Lipinski definition) is 1. The molecule has 7 heteroatoms. The van der Waals surface area contributed by atoms with Crippen molar-refractivity contribution in [3.63, 3.8) is 0 Å². The van der Waals surface area contributed by atoms with Crippen LogP contribution in [0.4, 0.5) is 5.69 Å². The van der Waals surface area contributed by atoms with Crippen molar-refractivity contribution in [3.05, 3.63) is 35.9 Å². The van der Waals surface area contributed by atoms with Gasteiger partial charge >= 0.3 is 0 Å². The van der Waals surface area contributed by atoms with Crippen LogP contribution >= 0.6 is 0 Å². The molecule has 7 nitrogen and oxygen atoms in total. The second-order valence-electron chi connectivity index (χ2n) is 6.25. The number of aliphatic hydroxyl groups is 1. The van der Waals surface area contributed by atoms with E-state index in [9.17, 15) is 5.11 Å². The van der Waals surface area contributed by atoms with Crippen LogP contribution in [-0.2, 0) is 5.60 Å². The monoisotopic (exact) mass is 312 g/mol. The van der Waals surface area contributed by atoms with Gasteiger partial charge in [-0.05, 0) is 38.8 Å². The van der Waals surface area contributed by atoms with Gasteiger partial charge in [-0.25, -0.2) is 9.67 Å². The molecule has 0 aromatic carbocycles. The highest BCUT2D eigenvalue weighted by molar-refractivity contribution is 5.49. The Kier molecular flexibility index (Phi) is 4.01. The molecule has 0 unspecified atom stereocenters. The zero-order valence-electron chi connectivity index (χ0n) is 13.3. The van der Waals surface area contributed by atoms with Crippen molar-refractivity contribution in [2.75, 3.05) is 18.0 Å². The molecule has 0 bridgehead atoms. The van der Waals surface area contributed by atoms with Crippen molar-refractivity contribution in [2.45, 2.75) is 38.3 Å². The average molecular weight is 312 g/mol. The highest BCUT2D eigenvalue weighted by Crippen LogP contribution is 2.32. The fraction of sp³-hybridized carbons (Fsp3) is 0.500. The smallest absolute Gasteiger partial charge is 0.142 e. The standard InChI is InChI=1S/C16H20N6O/c1-12(2)22-10-15(19-20-22)16(23)5-3-7-21(11-16)14-4-6-18-13(8-14)9-17/h4,6,8,10,12,23H,3,5,7,11H2,1-2H3/t16-/m0/s1. The van der Waals surface area contributed by atoms with Gasteiger partial charge in [0.1, 0.15) is 23.1 Å². The van der Waals surface area contributed by atoms with Gasteiger partial charge in [-0.3, -0.25) is 0 Å². The van der Waals surface area contributed by atoms with Crippen LogP contribution in [0.1, 0.15) is 44.1 Å². The van der Waals surface area contributed by atoms with E-state index >= 15 is 0 Å². The van der Waals surface area contributed by atoms with Crippen LogP contribution in [0, 0.1) is 11.3 Å². The van der Waals surface area contributed by atoms with Crippen molar-refractivity contribution in [1.82, 2.24) is 20.0 Å². The third-order valence-electron chi connectivity index (χ3n) is 4.21. The molecule has 0 aliphatic carbocycles. The van der Waals surface area contributed by atoms with Crippen LogP contribution in [0.5, 0.6) is 0 Å². The summed E-state index contributed by atoms with van der Waals surface area (Å²) in [5.41, 5.74) is 0.848. The topological polar surface area (TPSA) is 90.9 Å². The molecule has 1 aliphatic heterocycles. The fourth-order valence-corrected chi connectivity index (χ4v) is 2.89. The minimum atomic E-state index is -1.03. The summed E-state index contributed by atoms with van der Waals surface area (Å²) in [4.78, 5) is 6.06. The van der Waals surface area contributed by atoms with Gasteiger partial charge < -0.3 is 10.0 Å². The summed E-state index contributed by atoms with van der Waals surface area (Å²) >= 11 is 0. The van der Waals surface area contributed by atoms with Crippen LogP contribution < -0.4 is 4.90 Å². The Labute approximate surface area is 135 Å². The van der Waals surface area contributed by atoms with E-state index in [1.165, 1.54) is 0 Å². The van der Waals surface area contributed by atoms with E-state index in [0.29, 0.717) is 24.4 Å².